The molecule has 1 heterocycles. The van der Waals surface area contributed by atoms with Crippen LogP contribution in [0.15, 0.2) is 12.1 Å². The number of methoxy groups -OCH3 is 2. The summed E-state index contributed by atoms with van der Waals surface area (Å²) in [7, 11) is 3.13. The van der Waals surface area contributed by atoms with Crippen molar-refractivity contribution >= 4 is 11.6 Å². The van der Waals surface area contributed by atoms with E-state index < -0.39 is 0 Å². The number of hydrogen-bond acceptors (Lipinski definition) is 4. The Bertz CT molecular complexity index is 520. The fraction of sp³-hybridized carbons (Fsp3) is 0.562. The molecule has 0 aromatic heterocycles. The fourth-order valence-electron chi connectivity index (χ4n) is 2.82. The molecule has 0 aliphatic carbocycles. The van der Waals surface area contributed by atoms with Gasteiger partial charge in [-0.25, -0.2) is 0 Å². The molecule has 0 N–H and O–H groups in total. The first-order valence-corrected chi connectivity index (χ1v) is 7.64. The Kier molecular flexibility index (Phi) is 5.72. The number of halogens is 1. The quantitative estimate of drug-likeness (QED) is 0.848. The average molecular weight is 309 g/mol. The van der Waals surface area contributed by atoms with Gasteiger partial charge in [0.1, 0.15) is 6.04 Å². The predicted octanol–water partition coefficient (Wildman–Crippen LogP) is 3.80. The first-order valence-electron chi connectivity index (χ1n) is 7.27. The summed E-state index contributed by atoms with van der Waals surface area (Å²) in [5.74, 6) is 1.07. The molecule has 1 aromatic rings. The minimum absolute atomic E-state index is 0.338. The monoisotopic (exact) mass is 308 g/mol. The van der Waals surface area contributed by atoms with Crippen LogP contribution < -0.4 is 9.47 Å². The number of hydrogen-bond donors (Lipinski definition) is 0. The smallest absolute Gasteiger partial charge is 0.179 e. The molecular formula is C16H21ClN2O2. The van der Waals surface area contributed by atoms with E-state index in [-0.39, 0.29) is 6.04 Å². The van der Waals surface area contributed by atoms with Gasteiger partial charge in [0.05, 0.1) is 25.3 Å². The van der Waals surface area contributed by atoms with Crippen LogP contribution in [0.1, 0.15) is 37.3 Å². The lowest BCUT2D eigenvalue weighted by molar-refractivity contribution is 0.245. The molecule has 1 aromatic carbocycles. The molecule has 0 radical (unpaired) electrons. The second kappa shape index (κ2) is 7.53. The molecule has 0 bridgehead atoms. The van der Waals surface area contributed by atoms with Gasteiger partial charge in [-0.05, 0) is 32.0 Å². The zero-order valence-electron chi connectivity index (χ0n) is 12.6. The van der Waals surface area contributed by atoms with E-state index in [0.29, 0.717) is 16.5 Å². The maximum atomic E-state index is 9.62. The van der Waals surface area contributed by atoms with E-state index in [1.165, 1.54) is 12.8 Å². The molecule has 21 heavy (non-hydrogen) atoms. The van der Waals surface area contributed by atoms with Crippen LogP contribution in [0.25, 0.3) is 0 Å². The van der Waals surface area contributed by atoms with Crippen molar-refractivity contribution in [1.29, 1.82) is 5.26 Å². The molecule has 1 atom stereocenters. The summed E-state index contributed by atoms with van der Waals surface area (Å²) >= 11 is 6.44. The number of benzene rings is 1. The highest BCUT2D eigenvalue weighted by Crippen LogP contribution is 2.41. The van der Waals surface area contributed by atoms with Crippen molar-refractivity contribution in [1.82, 2.24) is 4.90 Å². The van der Waals surface area contributed by atoms with Crippen molar-refractivity contribution in [2.45, 2.75) is 31.7 Å². The standard InChI is InChI=1S/C16H21ClN2O2/c1-20-14-8-7-12(15(17)16(14)21-2)13(11-18)19-9-5-3-4-6-10-19/h7-8,13H,3-6,9-10H2,1-2H3. The van der Waals surface area contributed by atoms with Gasteiger partial charge in [0.2, 0.25) is 0 Å². The third-order valence-corrected chi connectivity index (χ3v) is 4.33. The maximum Gasteiger partial charge on any atom is 0.179 e. The normalized spacial score (nSPS) is 17.6. The van der Waals surface area contributed by atoms with Crippen LogP contribution >= 0.6 is 11.6 Å². The molecule has 1 aliphatic heterocycles. The van der Waals surface area contributed by atoms with E-state index in [2.05, 4.69) is 11.0 Å². The molecular weight excluding hydrogens is 288 g/mol. The molecule has 5 heteroatoms. The van der Waals surface area contributed by atoms with Gasteiger partial charge in [-0.3, -0.25) is 4.90 Å². The van der Waals surface area contributed by atoms with Crippen LogP contribution in [-0.4, -0.2) is 32.2 Å². The van der Waals surface area contributed by atoms with Crippen LogP contribution in [0.5, 0.6) is 11.5 Å². The Hall–Kier alpha value is -1.44. The van der Waals surface area contributed by atoms with E-state index in [1.54, 1.807) is 14.2 Å². The van der Waals surface area contributed by atoms with E-state index in [0.717, 1.165) is 31.5 Å². The fourth-order valence-corrected chi connectivity index (χ4v) is 3.15. The minimum Gasteiger partial charge on any atom is -0.493 e. The molecule has 0 spiro atoms. The molecule has 1 aliphatic rings. The molecule has 0 amide bonds. The summed E-state index contributed by atoms with van der Waals surface area (Å²) in [6, 6.07) is 5.72. The molecule has 114 valence electrons. The largest absolute Gasteiger partial charge is 0.493 e. The number of ether oxygens (including phenoxy) is 2. The number of nitrogens with zero attached hydrogens (tertiary/aromatic N) is 2. The average Bonchev–Trinajstić information content (AvgIpc) is 2.78. The molecule has 0 saturated carbocycles. The van der Waals surface area contributed by atoms with Crippen molar-refractivity contribution in [2.24, 2.45) is 0 Å². The summed E-state index contributed by atoms with van der Waals surface area (Å²) in [4.78, 5) is 2.21. The third kappa shape index (κ3) is 3.42. The molecule has 1 fully saturated rings. The van der Waals surface area contributed by atoms with Gasteiger partial charge in [0.25, 0.3) is 0 Å². The van der Waals surface area contributed by atoms with Gasteiger partial charge in [0, 0.05) is 5.56 Å². The Labute approximate surface area is 131 Å². The van der Waals surface area contributed by atoms with E-state index >= 15 is 0 Å². The zero-order chi connectivity index (χ0) is 15.2. The maximum absolute atomic E-state index is 9.62. The summed E-state index contributed by atoms with van der Waals surface area (Å²) in [5, 5.41) is 10.1. The van der Waals surface area contributed by atoms with Gasteiger partial charge in [-0.1, -0.05) is 30.5 Å². The van der Waals surface area contributed by atoms with E-state index in [9.17, 15) is 5.26 Å². The van der Waals surface area contributed by atoms with Gasteiger partial charge < -0.3 is 9.47 Å². The lowest BCUT2D eigenvalue weighted by Crippen LogP contribution is -2.29. The molecule has 1 saturated heterocycles. The van der Waals surface area contributed by atoms with Crippen LogP contribution in [0.3, 0.4) is 0 Å². The summed E-state index contributed by atoms with van der Waals surface area (Å²) < 4.78 is 10.6. The highest BCUT2D eigenvalue weighted by Gasteiger charge is 2.25. The van der Waals surface area contributed by atoms with Crippen molar-refractivity contribution in [3.63, 3.8) is 0 Å². The molecule has 1 unspecified atom stereocenters. The van der Waals surface area contributed by atoms with Crippen LogP contribution in [0, 0.1) is 11.3 Å². The summed E-state index contributed by atoms with van der Waals surface area (Å²) in [5.41, 5.74) is 0.790. The van der Waals surface area contributed by atoms with Gasteiger partial charge in [0.15, 0.2) is 11.5 Å². The zero-order valence-corrected chi connectivity index (χ0v) is 13.3. The Balaban J connectivity index is 2.36. The predicted molar refractivity (Wildman–Crippen MR) is 83.0 cm³/mol. The van der Waals surface area contributed by atoms with E-state index in [4.69, 9.17) is 21.1 Å². The SMILES string of the molecule is COc1ccc(C(C#N)N2CCCCCC2)c(Cl)c1OC. The second-order valence-electron chi connectivity index (χ2n) is 5.19. The van der Waals surface area contributed by atoms with E-state index in [1.807, 2.05) is 12.1 Å². The second-order valence-corrected chi connectivity index (χ2v) is 5.56. The number of rotatable bonds is 4. The Morgan fingerprint density at radius 2 is 1.81 bits per heavy atom. The van der Waals surface area contributed by atoms with Crippen molar-refractivity contribution in [3.8, 4) is 17.6 Å². The van der Waals surface area contributed by atoms with Gasteiger partial charge >= 0.3 is 0 Å². The molecule has 2 rings (SSSR count). The summed E-state index contributed by atoms with van der Waals surface area (Å²) in [6.45, 7) is 1.87. The topological polar surface area (TPSA) is 45.5 Å². The van der Waals surface area contributed by atoms with Gasteiger partial charge in [-0.15, -0.1) is 0 Å². The summed E-state index contributed by atoms with van der Waals surface area (Å²) in [6.07, 6.45) is 4.72. The highest BCUT2D eigenvalue weighted by atomic mass is 35.5. The minimum atomic E-state index is -0.338. The van der Waals surface area contributed by atoms with Crippen molar-refractivity contribution in [3.05, 3.63) is 22.7 Å². The Morgan fingerprint density at radius 1 is 1.14 bits per heavy atom. The van der Waals surface area contributed by atoms with Crippen LogP contribution in [-0.2, 0) is 0 Å². The first-order chi connectivity index (χ1) is 10.2. The molecule has 4 nitrogen and oxygen atoms in total. The van der Waals surface area contributed by atoms with Crippen molar-refractivity contribution in [2.75, 3.05) is 27.3 Å². The Morgan fingerprint density at radius 3 is 2.33 bits per heavy atom. The lowest BCUT2D eigenvalue weighted by Gasteiger charge is -2.27. The van der Waals surface area contributed by atoms with Crippen molar-refractivity contribution < 1.29 is 9.47 Å². The van der Waals surface area contributed by atoms with Crippen LogP contribution in [0.4, 0.5) is 0 Å². The highest BCUT2D eigenvalue weighted by molar-refractivity contribution is 6.33. The number of likely N-dealkylation sites (tertiary alicyclic amines) is 1. The van der Waals surface area contributed by atoms with Crippen LogP contribution in [0.2, 0.25) is 5.02 Å². The van der Waals surface area contributed by atoms with Gasteiger partial charge in [-0.2, -0.15) is 5.26 Å². The number of nitriles is 1. The third-order valence-electron chi connectivity index (χ3n) is 3.94. The first kappa shape index (κ1) is 15.9. The lowest BCUT2D eigenvalue weighted by atomic mass is 10.0.